The van der Waals surface area contributed by atoms with Gasteiger partial charge in [0.25, 0.3) is 11.5 Å². The number of amides is 1. The summed E-state index contributed by atoms with van der Waals surface area (Å²) in [6.07, 6.45) is 1.65. The molecule has 0 saturated carbocycles. The second-order valence-electron chi connectivity index (χ2n) is 9.60. The van der Waals surface area contributed by atoms with Gasteiger partial charge in [0.2, 0.25) is 0 Å². The maximum absolute atomic E-state index is 13.9. The minimum absolute atomic E-state index is 0.167. The molecule has 0 saturated heterocycles. The topological polar surface area (TPSA) is 105 Å². The lowest BCUT2D eigenvalue weighted by Crippen LogP contribution is -2.43. The maximum atomic E-state index is 13.9. The smallest absolute Gasteiger partial charge is 0.335 e. The van der Waals surface area contributed by atoms with Gasteiger partial charge in [-0.05, 0) is 69.2 Å². The van der Waals surface area contributed by atoms with Crippen molar-refractivity contribution >= 4 is 40.9 Å². The fourth-order valence-corrected chi connectivity index (χ4v) is 6.23. The molecule has 8 nitrogen and oxygen atoms in total. The van der Waals surface area contributed by atoms with Crippen LogP contribution in [0.2, 0.25) is 5.02 Å². The zero-order valence-electron chi connectivity index (χ0n) is 23.0. The quantitative estimate of drug-likeness (QED) is 0.326. The molecular formula is C31H28ClN3O5S. The van der Waals surface area contributed by atoms with Crippen LogP contribution in [0.3, 0.4) is 0 Å². The second kappa shape index (κ2) is 11.3. The van der Waals surface area contributed by atoms with E-state index in [1.807, 2.05) is 26.0 Å². The van der Waals surface area contributed by atoms with Crippen molar-refractivity contribution in [1.29, 1.82) is 0 Å². The number of halogens is 1. The van der Waals surface area contributed by atoms with Gasteiger partial charge >= 0.3 is 5.97 Å². The number of aromatic carboxylic acids is 1. The number of aromatic nitrogens is 1. The third-order valence-corrected chi connectivity index (χ3v) is 8.45. The van der Waals surface area contributed by atoms with Crippen LogP contribution in [0.5, 0.6) is 0 Å². The molecule has 1 aliphatic heterocycles. The van der Waals surface area contributed by atoms with E-state index in [1.165, 1.54) is 11.3 Å². The molecule has 2 aromatic carbocycles. The second-order valence-corrected chi connectivity index (χ2v) is 11.0. The van der Waals surface area contributed by atoms with E-state index in [0.29, 0.717) is 61.4 Å². The Morgan fingerprint density at radius 2 is 1.80 bits per heavy atom. The Morgan fingerprint density at radius 1 is 1.10 bits per heavy atom. The van der Waals surface area contributed by atoms with Gasteiger partial charge in [0.15, 0.2) is 4.80 Å². The van der Waals surface area contributed by atoms with Crippen molar-refractivity contribution in [2.75, 3.05) is 13.1 Å². The molecule has 3 heterocycles. The molecule has 1 N–H and O–H groups in total. The van der Waals surface area contributed by atoms with E-state index < -0.39 is 12.0 Å². The Balaban J connectivity index is 1.64. The Kier molecular flexibility index (Phi) is 7.84. The minimum atomic E-state index is -1.01. The molecule has 210 valence electrons. The summed E-state index contributed by atoms with van der Waals surface area (Å²) in [7, 11) is 0. The molecule has 4 aromatic rings. The van der Waals surface area contributed by atoms with Crippen molar-refractivity contribution in [3.63, 3.8) is 0 Å². The molecule has 0 fully saturated rings. The van der Waals surface area contributed by atoms with Crippen LogP contribution in [-0.4, -0.2) is 39.5 Å². The fourth-order valence-electron chi connectivity index (χ4n) is 5.08. The van der Waals surface area contributed by atoms with Crippen LogP contribution in [0.1, 0.15) is 54.1 Å². The van der Waals surface area contributed by atoms with E-state index in [4.69, 9.17) is 16.0 Å². The van der Waals surface area contributed by atoms with E-state index in [2.05, 4.69) is 4.99 Å². The monoisotopic (exact) mass is 589 g/mol. The number of hydrogen-bond acceptors (Lipinski definition) is 6. The number of carbonyl (C=O) groups excluding carboxylic acids is 1. The Bertz CT molecular complexity index is 1880. The highest BCUT2D eigenvalue weighted by atomic mass is 35.5. The van der Waals surface area contributed by atoms with E-state index in [-0.39, 0.29) is 17.0 Å². The van der Waals surface area contributed by atoms with Crippen molar-refractivity contribution in [3.8, 4) is 11.3 Å². The van der Waals surface area contributed by atoms with Gasteiger partial charge in [-0.25, -0.2) is 9.79 Å². The predicted octanol–water partition coefficient (Wildman–Crippen LogP) is 5.02. The van der Waals surface area contributed by atoms with Crippen LogP contribution in [-0.2, 0) is 4.79 Å². The van der Waals surface area contributed by atoms with E-state index in [0.717, 1.165) is 5.56 Å². The molecule has 0 radical (unpaired) electrons. The van der Waals surface area contributed by atoms with Crippen molar-refractivity contribution < 1.29 is 19.1 Å². The van der Waals surface area contributed by atoms with Crippen LogP contribution in [0.4, 0.5) is 0 Å². The third-order valence-electron chi connectivity index (χ3n) is 7.22. The van der Waals surface area contributed by atoms with Crippen molar-refractivity contribution in [1.82, 2.24) is 9.47 Å². The van der Waals surface area contributed by atoms with Gasteiger partial charge in [0, 0.05) is 29.8 Å². The number of furan rings is 1. The summed E-state index contributed by atoms with van der Waals surface area (Å²) in [5, 5.41) is 10.0. The highest BCUT2D eigenvalue weighted by Crippen LogP contribution is 2.32. The van der Waals surface area contributed by atoms with E-state index >= 15 is 0 Å². The predicted molar refractivity (Wildman–Crippen MR) is 159 cm³/mol. The van der Waals surface area contributed by atoms with Gasteiger partial charge in [-0.15, -0.1) is 0 Å². The number of nitrogens with zero attached hydrogens (tertiary/aromatic N) is 3. The number of thiazole rings is 1. The van der Waals surface area contributed by atoms with Crippen LogP contribution in [0, 0.1) is 6.92 Å². The van der Waals surface area contributed by atoms with Gasteiger partial charge in [-0.1, -0.05) is 47.2 Å². The van der Waals surface area contributed by atoms with Gasteiger partial charge in [-0.2, -0.15) is 0 Å². The molecule has 5 rings (SSSR count). The Morgan fingerprint density at radius 3 is 2.46 bits per heavy atom. The molecular weight excluding hydrogens is 562 g/mol. The number of carboxylic acids is 1. The molecule has 41 heavy (non-hydrogen) atoms. The normalized spacial score (nSPS) is 15.0. The number of carboxylic acid groups (broad SMARTS) is 1. The standard InChI is InChI=1S/C31H28ClN3O5S/c1-5-34(6-2)29(37)26-18(4)33-31-35(27(26)19-10-12-20(32)13-11-19)28(36)25(41-31)16-21-14-15-24(40-21)22-8-7-9-23(17(22)3)30(38)39/h7-16,27H,5-6H2,1-4H3,(H,38,39)/b25-16+/t27-/m0/s1. The highest BCUT2D eigenvalue weighted by Gasteiger charge is 2.34. The number of benzene rings is 2. The highest BCUT2D eigenvalue weighted by molar-refractivity contribution is 7.07. The number of hydrogen-bond donors (Lipinski definition) is 1. The van der Waals surface area contributed by atoms with E-state index in [9.17, 15) is 19.5 Å². The summed E-state index contributed by atoms with van der Waals surface area (Å²) in [6, 6.07) is 15.0. The maximum Gasteiger partial charge on any atom is 0.335 e. The van der Waals surface area contributed by atoms with Gasteiger partial charge in [0.05, 0.1) is 27.4 Å². The Hall–Kier alpha value is -4.21. The number of carbonyl (C=O) groups is 2. The van der Waals surface area contributed by atoms with Crippen LogP contribution in [0.15, 0.2) is 80.1 Å². The lowest BCUT2D eigenvalue weighted by Gasteiger charge is -2.29. The van der Waals surface area contributed by atoms with Gasteiger partial charge in [0.1, 0.15) is 11.5 Å². The first kappa shape index (κ1) is 28.3. The van der Waals surface area contributed by atoms with Gasteiger partial charge < -0.3 is 14.4 Å². The van der Waals surface area contributed by atoms with Crippen molar-refractivity contribution in [3.05, 3.63) is 113 Å². The number of fused-ring (bicyclic) bond motifs is 1. The Labute approximate surface area is 245 Å². The molecule has 1 aliphatic rings. The summed E-state index contributed by atoms with van der Waals surface area (Å²) in [6.45, 7) is 8.42. The first-order valence-corrected chi connectivity index (χ1v) is 14.3. The molecule has 1 amide bonds. The summed E-state index contributed by atoms with van der Waals surface area (Å²) < 4.78 is 7.99. The molecule has 0 unspecified atom stereocenters. The van der Waals surface area contributed by atoms with E-state index in [1.54, 1.807) is 71.9 Å². The van der Waals surface area contributed by atoms with Crippen LogP contribution < -0.4 is 14.9 Å². The number of likely N-dealkylation sites (N-methyl/N-ethyl adjacent to an activating group) is 1. The average Bonchev–Trinajstić information content (AvgIpc) is 3.53. The molecule has 10 heteroatoms. The average molecular weight is 590 g/mol. The zero-order valence-corrected chi connectivity index (χ0v) is 24.5. The van der Waals surface area contributed by atoms with Crippen LogP contribution >= 0.6 is 22.9 Å². The lowest BCUT2D eigenvalue weighted by atomic mass is 9.94. The molecule has 0 aliphatic carbocycles. The summed E-state index contributed by atoms with van der Waals surface area (Å²) >= 11 is 7.38. The lowest BCUT2D eigenvalue weighted by molar-refractivity contribution is -0.127. The molecule has 0 spiro atoms. The summed E-state index contributed by atoms with van der Waals surface area (Å²) in [4.78, 5) is 46.0. The zero-order chi connectivity index (χ0) is 29.4. The SMILES string of the molecule is CCN(CC)C(=O)C1=C(C)N=c2s/c(=C/c3ccc(-c4cccc(C(=O)O)c4C)o3)c(=O)n2[C@H]1c1ccc(Cl)cc1. The third kappa shape index (κ3) is 5.18. The number of rotatable bonds is 7. The van der Waals surface area contributed by atoms with Crippen molar-refractivity contribution in [2.45, 2.75) is 33.7 Å². The fraction of sp³-hybridized carbons (Fsp3) is 0.226. The molecule has 2 aromatic heterocycles. The molecule has 0 bridgehead atoms. The summed E-state index contributed by atoms with van der Waals surface area (Å²) in [5.41, 5.74) is 2.90. The van der Waals surface area contributed by atoms with Crippen LogP contribution in [0.25, 0.3) is 17.4 Å². The first-order valence-electron chi connectivity index (χ1n) is 13.1. The first-order chi connectivity index (χ1) is 19.6. The minimum Gasteiger partial charge on any atom is -0.478 e. The van der Waals surface area contributed by atoms with Gasteiger partial charge in [-0.3, -0.25) is 14.2 Å². The number of allylic oxidation sites excluding steroid dienone is 1. The largest absolute Gasteiger partial charge is 0.478 e. The summed E-state index contributed by atoms with van der Waals surface area (Å²) in [5.74, 6) is -0.253. The molecule has 1 atom stereocenters. The van der Waals surface area contributed by atoms with Crippen molar-refractivity contribution in [2.24, 2.45) is 4.99 Å².